The first-order chi connectivity index (χ1) is 22.1. The molecule has 0 unspecified atom stereocenters. The molecule has 0 spiro atoms. The van der Waals surface area contributed by atoms with Gasteiger partial charge < -0.3 is 19.4 Å². The summed E-state index contributed by atoms with van der Waals surface area (Å²) in [7, 11) is 1.66. The fourth-order valence-corrected chi connectivity index (χ4v) is 5.79. The van der Waals surface area contributed by atoms with Gasteiger partial charge in [-0.2, -0.15) is 0 Å². The molecule has 5 heteroatoms. The van der Waals surface area contributed by atoms with Crippen LogP contribution >= 0.6 is 0 Å². The van der Waals surface area contributed by atoms with Crippen molar-refractivity contribution in [3.05, 3.63) is 167 Å². The van der Waals surface area contributed by atoms with E-state index in [1.54, 1.807) is 7.11 Å². The highest BCUT2D eigenvalue weighted by Crippen LogP contribution is 2.39. The summed E-state index contributed by atoms with van der Waals surface area (Å²) in [5.74, 6) is 1.09. The summed E-state index contributed by atoms with van der Waals surface area (Å²) in [6, 6.07) is 43.2. The lowest BCUT2D eigenvalue weighted by Crippen LogP contribution is -2.25. The average molecular weight is 595 g/mol. The Hall–Kier alpha value is -5.29. The van der Waals surface area contributed by atoms with Gasteiger partial charge in [0.1, 0.15) is 6.61 Å². The number of nitrogens with zero attached hydrogens (tertiary/aromatic N) is 1. The van der Waals surface area contributed by atoms with E-state index >= 15 is 0 Å². The molecule has 6 rings (SSSR count). The summed E-state index contributed by atoms with van der Waals surface area (Å²) in [6.07, 6.45) is 2.50. The first-order valence-corrected chi connectivity index (χ1v) is 15.4. The van der Waals surface area contributed by atoms with E-state index in [1.165, 1.54) is 11.1 Å². The molecule has 0 radical (unpaired) electrons. The molecule has 5 nitrogen and oxygen atoms in total. The van der Waals surface area contributed by atoms with E-state index in [0.29, 0.717) is 31.1 Å². The normalized spacial score (nSPS) is 11.7. The number of aryl methyl sites for hydroxylation is 1. The second-order valence-electron chi connectivity index (χ2n) is 11.4. The predicted molar refractivity (Wildman–Crippen MR) is 181 cm³/mol. The Bertz CT molecular complexity index is 1860. The fourth-order valence-electron chi connectivity index (χ4n) is 5.79. The Kier molecular flexibility index (Phi) is 9.26. The van der Waals surface area contributed by atoms with E-state index < -0.39 is 0 Å². The minimum absolute atomic E-state index is 0.0115. The molecule has 0 aliphatic heterocycles. The van der Waals surface area contributed by atoms with Crippen LogP contribution in [0.1, 0.15) is 45.7 Å². The number of rotatable bonds is 12. The molecular formula is C40H38N2O3. The summed E-state index contributed by atoms with van der Waals surface area (Å²) < 4.78 is 14.3. The van der Waals surface area contributed by atoms with Gasteiger partial charge in [-0.1, -0.05) is 115 Å². The highest BCUT2D eigenvalue weighted by Gasteiger charge is 2.24. The number of fused-ring (bicyclic) bond motifs is 1. The Balaban J connectivity index is 1.35. The van der Waals surface area contributed by atoms with Crippen molar-refractivity contribution < 1.29 is 14.3 Å². The number of hydrogen-bond donors (Lipinski definition) is 1. The monoisotopic (exact) mass is 594 g/mol. The molecule has 226 valence electrons. The van der Waals surface area contributed by atoms with Crippen molar-refractivity contribution in [2.45, 2.75) is 39.0 Å². The van der Waals surface area contributed by atoms with Crippen molar-refractivity contribution in [1.29, 1.82) is 0 Å². The minimum atomic E-state index is -0.206. The van der Waals surface area contributed by atoms with Gasteiger partial charge in [-0.05, 0) is 52.9 Å². The van der Waals surface area contributed by atoms with Crippen LogP contribution in [0.15, 0.2) is 134 Å². The molecule has 0 bridgehead atoms. The van der Waals surface area contributed by atoms with Crippen molar-refractivity contribution in [2.75, 3.05) is 7.11 Å². The third-order valence-corrected chi connectivity index (χ3v) is 8.22. The van der Waals surface area contributed by atoms with Crippen LogP contribution in [0, 0.1) is 6.92 Å². The van der Waals surface area contributed by atoms with Crippen LogP contribution in [0.2, 0.25) is 0 Å². The van der Waals surface area contributed by atoms with Gasteiger partial charge in [-0.15, -0.1) is 0 Å². The van der Waals surface area contributed by atoms with E-state index in [0.717, 1.165) is 39.7 Å². The lowest BCUT2D eigenvalue weighted by atomic mass is 9.87. The molecule has 0 saturated carbocycles. The lowest BCUT2D eigenvalue weighted by molar-refractivity contribution is -0.121. The maximum Gasteiger partial charge on any atom is 0.221 e. The first-order valence-electron chi connectivity index (χ1n) is 15.4. The zero-order valence-electron chi connectivity index (χ0n) is 25.8. The molecule has 0 fully saturated rings. The van der Waals surface area contributed by atoms with Gasteiger partial charge in [0, 0.05) is 42.5 Å². The Morgan fingerprint density at radius 3 is 2.18 bits per heavy atom. The number of aromatic nitrogens is 1. The molecule has 6 aromatic rings. The molecule has 1 atom stereocenters. The van der Waals surface area contributed by atoms with Crippen LogP contribution in [-0.4, -0.2) is 17.6 Å². The second-order valence-corrected chi connectivity index (χ2v) is 11.4. The molecule has 0 saturated heterocycles. The summed E-state index contributed by atoms with van der Waals surface area (Å²) in [5.41, 5.74) is 7.85. The Morgan fingerprint density at radius 2 is 1.44 bits per heavy atom. The van der Waals surface area contributed by atoms with E-state index in [-0.39, 0.29) is 11.8 Å². The van der Waals surface area contributed by atoms with Crippen LogP contribution in [0.4, 0.5) is 0 Å². The number of ether oxygens (including phenoxy) is 2. The zero-order chi connectivity index (χ0) is 31.0. The predicted octanol–water partition coefficient (Wildman–Crippen LogP) is 8.42. The van der Waals surface area contributed by atoms with Crippen molar-refractivity contribution in [3.63, 3.8) is 0 Å². The maximum absolute atomic E-state index is 13.5. The molecule has 1 amide bonds. The van der Waals surface area contributed by atoms with Gasteiger partial charge in [0.25, 0.3) is 0 Å². The Labute approximate surface area is 265 Å². The van der Waals surface area contributed by atoms with Crippen molar-refractivity contribution in [2.24, 2.45) is 0 Å². The number of carbonyl (C=O) groups is 1. The van der Waals surface area contributed by atoms with Gasteiger partial charge >= 0.3 is 0 Å². The van der Waals surface area contributed by atoms with E-state index in [1.807, 2.05) is 72.8 Å². The lowest BCUT2D eigenvalue weighted by Gasteiger charge is -2.20. The number of hydrogen-bond acceptors (Lipinski definition) is 3. The average Bonchev–Trinajstić information content (AvgIpc) is 3.45. The van der Waals surface area contributed by atoms with Crippen LogP contribution in [0.5, 0.6) is 11.5 Å². The standard InChI is InChI=1S/C40H38N2O3/c1-29-17-19-31(20-18-29)26-42-27-36(34-15-9-10-16-37(34)42)35(24-40(43)41-25-30-11-5-3-6-12-30)33-21-22-38(39(23-33)44-2)45-28-32-13-7-4-8-14-32/h3-23,27,35H,24-26,28H2,1-2H3,(H,41,43)/t35-/m0/s1. The van der Waals surface area contributed by atoms with E-state index in [4.69, 9.17) is 9.47 Å². The molecule has 0 aliphatic carbocycles. The Morgan fingerprint density at radius 1 is 0.756 bits per heavy atom. The molecule has 1 N–H and O–H groups in total. The van der Waals surface area contributed by atoms with Crippen molar-refractivity contribution >= 4 is 16.8 Å². The van der Waals surface area contributed by atoms with Gasteiger partial charge in [0.05, 0.1) is 7.11 Å². The minimum Gasteiger partial charge on any atom is -0.493 e. The van der Waals surface area contributed by atoms with E-state index in [2.05, 4.69) is 77.6 Å². The quantitative estimate of drug-likeness (QED) is 0.155. The van der Waals surface area contributed by atoms with Crippen molar-refractivity contribution in [1.82, 2.24) is 9.88 Å². The molecule has 0 aliphatic rings. The van der Waals surface area contributed by atoms with Gasteiger partial charge in [-0.25, -0.2) is 0 Å². The van der Waals surface area contributed by atoms with E-state index in [9.17, 15) is 4.79 Å². The third kappa shape index (κ3) is 7.27. The summed E-state index contributed by atoms with van der Waals surface area (Å²) in [5, 5.41) is 4.28. The van der Waals surface area contributed by atoms with Crippen LogP contribution in [-0.2, 0) is 24.5 Å². The van der Waals surface area contributed by atoms with Crippen LogP contribution < -0.4 is 14.8 Å². The number of para-hydroxylation sites is 1. The third-order valence-electron chi connectivity index (χ3n) is 8.22. The number of amides is 1. The van der Waals surface area contributed by atoms with Gasteiger partial charge in [-0.3, -0.25) is 4.79 Å². The number of nitrogens with one attached hydrogen (secondary N) is 1. The first kappa shape index (κ1) is 29.8. The molecule has 1 heterocycles. The largest absolute Gasteiger partial charge is 0.493 e. The summed E-state index contributed by atoms with van der Waals surface area (Å²) >= 11 is 0. The summed E-state index contributed by atoms with van der Waals surface area (Å²) in [6.45, 7) is 3.77. The SMILES string of the molecule is COc1cc([C@H](CC(=O)NCc2ccccc2)c2cn(Cc3ccc(C)cc3)c3ccccc23)ccc1OCc1ccccc1. The van der Waals surface area contributed by atoms with Gasteiger partial charge in [0.2, 0.25) is 5.91 Å². The molecule has 45 heavy (non-hydrogen) atoms. The smallest absolute Gasteiger partial charge is 0.221 e. The number of methoxy groups -OCH3 is 1. The molecular weight excluding hydrogens is 556 g/mol. The van der Waals surface area contributed by atoms with Gasteiger partial charge in [0.15, 0.2) is 11.5 Å². The fraction of sp³-hybridized carbons (Fsp3) is 0.175. The van der Waals surface area contributed by atoms with Crippen LogP contribution in [0.25, 0.3) is 10.9 Å². The summed E-state index contributed by atoms with van der Waals surface area (Å²) in [4.78, 5) is 13.5. The van der Waals surface area contributed by atoms with Crippen LogP contribution in [0.3, 0.4) is 0 Å². The number of benzene rings is 5. The highest BCUT2D eigenvalue weighted by molar-refractivity contribution is 5.87. The second kappa shape index (κ2) is 14.0. The maximum atomic E-state index is 13.5. The van der Waals surface area contributed by atoms with Crippen molar-refractivity contribution in [3.8, 4) is 11.5 Å². The highest BCUT2D eigenvalue weighted by atomic mass is 16.5. The molecule has 5 aromatic carbocycles. The number of carbonyl (C=O) groups excluding carboxylic acids is 1. The molecule has 1 aromatic heterocycles. The topological polar surface area (TPSA) is 52.5 Å². The zero-order valence-corrected chi connectivity index (χ0v) is 25.8.